The molecule has 0 aliphatic heterocycles. The van der Waals surface area contributed by atoms with Gasteiger partial charge in [-0.15, -0.1) is 0 Å². The van der Waals surface area contributed by atoms with Crippen LogP contribution in [-0.2, 0) is 6.18 Å². The molecule has 38 heavy (non-hydrogen) atoms. The van der Waals surface area contributed by atoms with Crippen molar-refractivity contribution in [3.8, 4) is 28.7 Å². The Morgan fingerprint density at radius 2 is 1.53 bits per heavy atom. The maximum absolute atomic E-state index is 14.5. The highest BCUT2D eigenvalue weighted by molar-refractivity contribution is 6.10. The molecule has 8 heteroatoms. The zero-order valence-electron chi connectivity index (χ0n) is 20.5. The van der Waals surface area contributed by atoms with Gasteiger partial charge in [-0.05, 0) is 72.5 Å². The van der Waals surface area contributed by atoms with Crippen LogP contribution in [0.3, 0.4) is 0 Å². The third-order valence-electron chi connectivity index (χ3n) is 6.34. The summed E-state index contributed by atoms with van der Waals surface area (Å²) in [5.41, 5.74) is 2.80. The van der Waals surface area contributed by atoms with E-state index < -0.39 is 11.7 Å². The van der Waals surface area contributed by atoms with Crippen molar-refractivity contribution in [1.82, 2.24) is 19.5 Å². The third-order valence-corrected chi connectivity index (χ3v) is 6.34. The molecule has 3 aromatic heterocycles. The van der Waals surface area contributed by atoms with Gasteiger partial charge >= 0.3 is 6.18 Å². The highest BCUT2D eigenvalue weighted by Gasteiger charge is 2.35. The monoisotopic (exact) mass is 510 g/mol. The van der Waals surface area contributed by atoms with Crippen LogP contribution in [0.5, 0.6) is 11.6 Å². The Bertz CT molecular complexity index is 1810. The van der Waals surface area contributed by atoms with Gasteiger partial charge < -0.3 is 4.74 Å². The van der Waals surface area contributed by atoms with Gasteiger partial charge in [0.1, 0.15) is 5.75 Å². The number of hydrogen-bond donors (Lipinski definition) is 0. The van der Waals surface area contributed by atoms with E-state index in [-0.39, 0.29) is 5.56 Å². The molecule has 0 saturated carbocycles. The largest absolute Gasteiger partial charge is 0.439 e. The second-order valence-corrected chi connectivity index (χ2v) is 9.13. The molecule has 0 unspecified atom stereocenters. The smallest absolute Gasteiger partial charge is 0.417 e. The second kappa shape index (κ2) is 8.99. The average Bonchev–Trinajstić information content (AvgIpc) is 3.22. The number of benzene rings is 3. The summed E-state index contributed by atoms with van der Waals surface area (Å²) in [4.78, 5) is 13.1. The number of halogens is 3. The molecule has 0 aliphatic rings. The summed E-state index contributed by atoms with van der Waals surface area (Å²) >= 11 is 0. The number of aromatic nitrogens is 4. The van der Waals surface area contributed by atoms with Crippen molar-refractivity contribution in [1.29, 1.82) is 0 Å². The fourth-order valence-electron chi connectivity index (χ4n) is 4.62. The van der Waals surface area contributed by atoms with Crippen molar-refractivity contribution in [3.05, 3.63) is 108 Å². The number of alkyl halides is 3. The summed E-state index contributed by atoms with van der Waals surface area (Å²) in [6, 6.07) is 20.3. The first-order valence-corrected chi connectivity index (χ1v) is 11.9. The highest BCUT2D eigenvalue weighted by Crippen LogP contribution is 2.43. The average molecular weight is 511 g/mol. The van der Waals surface area contributed by atoms with Crippen molar-refractivity contribution >= 4 is 21.8 Å². The minimum Gasteiger partial charge on any atom is -0.439 e. The van der Waals surface area contributed by atoms with Crippen molar-refractivity contribution in [2.45, 2.75) is 20.0 Å². The molecule has 0 bridgehead atoms. The van der Waals surface area contributed by atoms with Gasteiger partial charge in [-0.1, -0.05) is 30.3 Å². The number of hydrogen-bond acceptors (Lipinski definition) is 4. The lowest BCUT2D eigenvalue weighted by Gasteiger charge is -2.15. The first kappa shape index (κ1) is 23.7. The highest BCUT2D eigenvalue weighted by atomic mass is 19.4. The predicted octanol–water partition coefficient (Wildman–Crippen LogP) is 8.06. The second-order valence-electron chi connectivity index (χ2n) is 9.13. The summed E-state index contributed by atoms with van der Waals surface area (Å²) in [6.07, 6.45) is 0.417. The number of para-hydroxylation sites is 1. The molecule has 0 spiro atoms. The molecule has 3 aromatic carbocycles. The Morgan fingerprint density at radius 1 is 0.737 bits per heavy atom. The number of ether oxygens (including phenoxy) is 1. The third kappa shape index (κ3) is 4.24. The van der Waals surface area contributed by atoms with Crippen LogP contribution in [0, 0.1) is 13.8 Å². The first-order chi connectivity index (χ1) is 18.3. The molecular formula is C30H21F3N4O. The maximum atomic E-state index is 14.5. The summed E-state index contributed by atoms with van der Waals surface area (Å²) in [7, 11) is 0. The Morgan fingerprint density at radius 3 is 2.29 bits per heavy atom. The van der Waals surface area contributed by atoms with E-state index >= 15 is 0 Å². The molecule has 0 N–H and O–H groups in total. The van der Waals surface area contributed by atoms with Gasteiger partial charge in [0.15, 0.2) is 0 Å². The zero-order valence-corrected chi connectivity index (χ0v) is 20.5. The van der Waals surface area contributed by atoms with E-state index in [1.807, 2.05) is 44.2 Å². The summed E-state index contributed by atoms with van der Waals surface area (Å²) in [5.74, 6) is 1.14. The molecule has 3 heterocycles. The first-order valence-electron chi connectivity index (χ1n) is 11.9. The van der Waals surface area contributed by atoms with E-state index in [0.29, 0.717) is 39.4 Å². The molecule has 6 aromatic rings. The van der Waals surface area contributed by atoms with Crippen LogP contribution in [0.1, 0.15) is 16.7 Å². The van der Waals surface area contributed by atoms with E-state index in [1.165, 1.54) is 6.07 Å². The van der Waals surface area contributed by atoms with Gasteiger partial charge in [0.25, 0.3) is 0 Å². The topological polar surface area (TPSA) is 52.8 Å². The summed E-state index contributed by atoms with van der Waals surface area (Å²) < 4.78 is 51.0. The molecule has 0 radical (unpaired) electrons. The van der Waals surface area contributed by atoms with Gasteiger partial charge in [-0.2, -0.15) is 13.2 Å². The van der Waals surface area contributed by atoms with Crippen LogP contribution in [0.25, 0.3) is 38.9 Å². The fraction of sp³-hybridized carbons (Fsp3) is 0.100. The molecule has 5 nitrogen and oxygen atoms in total. The number of fused-ring (bicyclic) bond motifs is 3. The van der Waals surface area contributed by atoms with Crippen molar-refractivity contribution in [3.63, 3.8) is 0 Å². The lowest BCUT2D eigenvalue weighted by molar-refractivity contribution is -0.137. The molecule has 0 atom stereocenters. The van der Waals surface area contributed by atoms with Crippen molar-refractivity contribution in [2.24, 2.45) is 0 Å². The maximum Gasteiger partial charge on any atom is 0.417 e. The van der Waals surface area contributed by atoms with Gasteiger partial charge in [0, 0.05) is 35.4 Å². The van der Waals surface area contributed by atoms with Gasteiger partial charge in [0.2, 0.25) is 11.8 Å². The molecule has 188 valence electrons. The molecule has 0 amide bonds. The van der Waals surface area contributed by atoms with E-state index in [1.54, 1.807) is 59.6 Å². The number of rotatable bonds is 4. The van der Waals surface area contributed by atoms with Crippen LogP contribution in [0.4, 0.5) is 13.2 Å². The Kier molecular flexibility index (Phi) is 5.60. The van der Waals surface area contributed by atoms with E-state index in [9.17, 15) is 13.2 Å². The standard InChI is InChI=1S/C30H21F3N4O/c1-18-10-11-34-28(12-18)38-21-7-5-6-20(13-21)23-15-27-24(14-25(23)30(31,32)33)22-8-3-4-9-26(22)37(27)29-35-16-19(2)17-36-29/h3-17H,1-2H3. The Balaban J connectivity index is 1.59. The van der Waals surface area contributed by atoms with Crippen LogP contribution in [0.2, 0.25) is 0 Å². The lowest BCUT2D eigenvalue weighted by Crippen LogP contribution is -2.08. The van der Waals surface area contributed by atoms with E-state index in [4.69, 9.17) is 4.74 Å². The lowest BCUT2D eigenvalue weighted by atomic mass is 9.96. The van der Waals surface area contributed by atoms with E-state index in [0.717, 1.165) is 16.6 Å². The number of pyridine rings is 1. The zero-order chi connectivity index (χ0) is 26.4. The summed E-state index contributed by atoms with van der Waals surface area (Å²) in [6.45, 7) is 3.79. The SMILES string of the molecule is Cc1cnc(-n2c3ccccc3c3cc(C(F)(F)F)c(-c4cccc(Oc5cc(C)ccn5)c4)cc32)nc1. The van der Waals surface area contributed by atoms with Crippen molar-refractivity contribution in [2.75, 3.05) is 0 Å². The van der Waals surface area contributed by atoms with E-state index in [2.05, 4.69) is 15.0 Å². The quantitative estimate of drug-likeness (QED) is 0.241. The normalized spacial score (nSPS) is 11.8. The summed E-state index contributed by atoms with van der Waals surface area (Å²) in [5, 5.41) is 1.16. The number of aryl methyl sites for hydroxylation is 2. The molecule has 0 fully saturated rings. The van der Waals surface area contributed by atoms with Gasteiger partial charge in [-0.25, -0.2) is 15.0 Å². The van der Waals surface area contributed by atoms with Crippen LogP contribution in [0.15, 0.2) is 91.4 Å². The molecule has 0 aliphatic carbocycles. The predicted molar refractivity (Wildman–Crippen MR) is 141 cm³/mol. The Hall–Kier alpha value is -4.72. The Labute approximate surface area is 216 Å². The number of nitrogens with zero attached hydrogens (tertiary/aromatic N) is 4. The van der Waals surface area contributed by atoms with Crippen LogP contribution < -0.4 is 4.74 Å². The molecular weight excluding hydrogens is 489 g/mol. The molecule has 6 rings (SSSR count). The minimum atomic E-state index is -4.58. The minimum absolute atomic E-state index is 0.0313. The van der Waals surface area contributed by atoms with Gasteiger partial charge in [-0.3, -0.25) is 4.57 Å². The van der Waals surface area contributed by atoms with Crippen LogP contribution in [-0.4, -0.2) is 19.5 Å². The van der Waals surface area contributed by atoms with Crippen molar-refractivity contribution < 1.29 is 17.9 Å². The van der Waals surface area contributed by atoms with Crippen LogP contribution >= 0.6 is 0 Å². The fourth-order valence-corrected chi connectivity index (χ4v) is 4.62. The molecule has 0 saturated heterocycles. The van der Waals surface area contributed by atoms with Gasteiger partial charge in [0.05, 0.1) is 16.6 Å².